The Bertz CT molecular complexity index is 2280. The van der Waals surface area contributed by atoms with Crippen LogP contribution in [0.15, 0.2) is 24.3 Å². The van der Waals surface area contributed by atoms with Crippen LogP contribution in [-0.4, -0.2) is 118 Å². The monoisotopic (exact) mass is 794 g/mol. The van der Waals surface area contributed by atoms with Gasteiger partial charge >= 0.3 is 12.1 Å². The maximum Gasteiger partial charge on any atom is 0.415 e. The molecule has 8 heterocycles. The van der Waals surface area contributed by atoms with Crippen molar-refractivity contribution in [1.29, 1.82) is 0 Å². The van der Waals surface area contributed by atoms with E-state index in [4.69, 9.17) is 20.9 Å². The zero-order chi connectivity index (χ0) is 39.5. The van der Waals surface area contributed by atoms with Crippen LogP contribution in [0.3, 0.4) is 0 Å². The molecule has 0 aliphatic carbocycles. The Hall–Kier alpha value is -4.71. The van der Waals surface area contributed by atoms with Gasteiger partial charge in [-0.15, -0.1) is 6.42 Å². The zero-order valence-electron chi connectivity index (χ0n) is 32.8. The molecule has 1 N–H and O–H groups in total. The number of fused-ring (bicyclic) bond motifs is 5. The highest BCUT2D eigenvalue weighted by Crippen LogP contribution is 2.42. The minimum absolute atomic E-state index is 0.0239. The molecule has 6 aliphatic heterocycles. The minimum Gasteiger partial charge on any atom is -0.461 e. The van der Waals surface area contributed by atoms with Gasteiger partial charge in [0.15, 0.2) is 5.82 Å². The van der Waals surface area contributed by atoms with Crippen LogP contribution >= 0.6 is 0 Å². The van der Waals surface area contributed by atoms with Gasteiger partial charge in [-0.05, 0) is 114 Å². The Morgan fingerprint density at radius 3 is 2.34 bits per heavy atom. The number of hydrogen-bond acceptors (Lipinski definition) is 10. The third-order valence-corrected chi connectivity index (χ3v) is 13.8. The molecule has 6 aliphatic rings. The van der Waals surface area contributed by atoms with E-state index in [1.807, 2.05) is 4.90 Å². The number of halogens is 3. The highest BCUT2D eigenvalue weighted by molar-refractivity contribution is 6.03. The van der Waals surface area contributed by atoms with Crippen molar-refractivity contribution in [3.63, 3.8) is 0 Å². The first-order valence-corrected chi connectivity index (χ1v) is 21.2. The lowest BCUT2D eigenvalue weighted by Crippen LogP contribution is -2.51. The van der Waals surface area contributed by atoms with Crippen LogP contribution in [0.1, 0.15) is 76.2 Å². The van der Waals surface area contributed by atoms with Crippen molar-refractivity contribution in [3.05, 3.63) is 47.4 Å². The van der Waals surface area contributed by atoms with Crippen LogP contribution in [0.4, 0.5) is 23.8 Å². The Kier molecular flexibility index (Phi) is 9.81. The standard InChI is InChI=1S/C44H49F3N8O3/c1-2-32-34(45)11-8-27-22-31(58-43(56)53-20-12-30(13-21-53)52-16-4-3-5-17-52)23-33(35(27)32)38-37(46)39-36(40(47)49-38)41(54-24-28-9-10-29(25-54)48-28)51-42(50-39)57-26-44-14-6-18-55(44)19-7-15-44/h1,8,11,22-23,28-30,48H,3-7,9-10,12-21,24-26H2. The fourth-order valence-corrected chi connectivity index (χ4v) is 10.9. The molecule has 2 unspecified atom stereocenters. The summed E-state index contributed by atoms with van der Waals surface area (Å²) in [5.74, 6) is 0.0629. The van der Waals surface area contributed by atoms with E-state index in [0.29, 0.717) is 44.2 Å². The quantitative estimate of drug-likeness (QED) is 0.162. The summed E-state index contributed by atoms with van der Waals surface area (Å²) in [5.41, 5.74) is -1.04. The Labute approximate surface area is 336 Å². The van der Waals surface area contributed by atoms with Gasteiger partial charge in [0.2, 0.25) is 5.95 Å². The van der Waals surface area contributed by atoms with Gasteiger partial charge in [-0.3, -0.25) is 4.90 Å². The maximum absolute atomic E-state index is 17.4. The molecular formula is C44H49F3N8O3. The van der Waals surface area contributed by atoms with Gasteiger partial charge in [-0.1, -0.05) is 18.4 Å². The van der Waals surface area contributed by atoms with Gasteiger partial charge in [-0.2, -0.15) is 14.4 Å². The van der Waals surface area contributed by atoms with Crippen molar-refractivity contribution in [3.8, 4) is 35.4 Å². The topological polar surface area (TPSA) is 99.2 Å². The number of terminal acetylenes is 1. The van der Waals surface area contributed by atoms with Gasteiger partial charge < -0.3 is 29.5 Å². The number of carbonyl (C=O) groups excluding carboxylic acids is 1. The highest BCUT2D eigenvalue weighted by Gasteiger charge is 2.45. The van der Waals surface area contributed by atoms with Crippen LogP contribution in [0, 0.1) is 29.9 Å². The van der Waals surface area contributed by atoms with E-state index in [1.54, 1.807) is 11.0 Å². The fraction of sp³-hybridized carbons (Fsp3) is 0.545. The number of benzene rings is 2. The van der Waals surface area contributed by atoms with Crippen LogP contribution in [-0.2, 0) is 0 Å². The summed E-state index contributed by atoms with van der Waals surface area (Å²) in [4.78, 5) is 35.8. The molecule has 6 fully saturated rings. The summed E-state index contributed by atoms with van der Waals surface area (Å²) in [6.07, 6.45) is 16.7. The number of hydrogen-bond donors (Lipinski definition) is 1. The number of ether oxygens (including phenoxy) is 2. The molecule has 1 amide bonds. The second-order valence-electron chi connectivity index (χ2n) is 17.2. The van der Waals surface area contributed by atoms with Crippen molar-refractivity contribution in [2.75, 3.05) is 63.9 Å². The second-order valence-corrected chi connectivity index (χ2v) is 17.2. The molecule has 11 nitrogen and oxygen atoms in total. The number of piperazine rings is 1. The van der Waals surface area contributed by atoms with E-state index >= 15 is 13.2 Å². The number of aromatic nitrogens is 3. The summed E-state index contributed by atoms with van der Waals surface area (Å²) < 4.78 is 61.9. The smallest absolute Gasteiger partial charge is 0.415 e. The van der Waals surface area contributed by atoms with E-state index < -0.39 is 29.4 Å². The molecule has 2 aromatic heterocycles. The molecule has 304 valence electrons. The van der Waals surface area contributed by atoms with Crippen molar-refractivity contribution in [2.45, 2.75) is 94.3 Å². The Morgan fingerprint density at radius 2 is 1.62 bits per heavy atom. The second kappa shape index (κ2) is 15.1. The summed E-state index contributed by atoms with van der Waals surface area (Å²) in [6, 6.07) is 6.41. The largest absolute Gasteiger partial charge is 0.461 e. The molecule has 2 atom stereocenters. The van der Waals surface area contributed by atoms with Crippen LogP contribution in [0.25, 0.3) is 32.9 Å². The van der Waals surface area contributed by atoms with E-state index in [2.05, 4.69) is 31.0 Å². The van der Waals surface area contributed by atoms with Gasteiger partial charge in [0.25, 0.3) is 0 Å². The van der Waals surface area contributed by atoms with Crippen molar-refractivity contribution in [2.24, 2.45) is 0 Å². The van der Waals surface area contributed by atoms with Crippen LogP contribution in [0.2, 0.25) is 0 Å². The molecular weight excluding hydrogens is 746 g/mol. The molecule has 4 aromatic rings. The molecule has 14 heteroatoms. The molecule has 2 aromatic carbocycles. The highest BCUT2D eigenvalue weighted by atomic mass is 19.1. The number of anilines is 1. The SMILES string of the molecule is C#Cc1c(F)ccc2cc(OC(=O)N3CCC(N4CCCCC4)CC3)cc(-c3nc(F)c4c(N5CC6CCC(C5)N6)nc(OCC56CCCN5CCC6)nc4c3F)c12. The molecule has 0 spiro atoms. The summed E-state index contributed by atoms with van der Waals surface area (Å²) >= 11 is 0. The summed E-state index contributed by atoms with van der Waals surface area (Å²) in [5, 5.41) is 3.95. The summed E-state index contributed by atoms with van der Waals surface area (Å²) in [7, 11) is 0. The number of amides is 1. The van der Waals surface area contributed by atoms with E-state index in [9.17, 15) is 4.79 Å². The van der Waals surface area contributed by atoms with Gasteiger partial charge in [0.1, 0.15) is 40.6 Å². The number of nitrogens with one attached hydrogen (secondary N) is 1. The maximum atomic E-state index is 17.4. The van der Waals surface area contributed by atoms with Crippen molar-refractivity contribution in [1.82, 2.24) is 35.0 Å². The average Bonchev–Trinajstić information content (AvgIpc) is 3.94. The number of pyridine rings is 1. The fourth-order valence-electron chi connectivity index (χ4n) is 10.9. The van der Waals surface area contributed by atoms with Crippen LogP contribution < -0.4 is 19.7 Å². The lowest BCUT2D eigenvalue weighted by atomic mass is 9.95. The van der Waals surface area contributed by atoms with Gasteiger partial charge in [-0.25, -0.2) is 18.6 Å². The van der Waals surface area contributed by atoms with E-state index in [-0.39, 0.29) is 62.6 Å². The first-order valence-electron chi connectivity index (χ1n) is 21.2. The third kappa shape index (κ3) is 6.69. The van der Waals surface area contributed by atoms with E-state index in [0.717, 1.165) is 77.5 Å². The molecule has 2 bridgehead atoms. The number of nitrogens with zero attached hydrogens (tertiary/aromatic N) is 7. The molecule has 58 heavy (non-hydrogen) atoms. The zero-order valence-corrected chi connectivity index (χ0v) is 32.8. The molecule has 10 rings (SSSR count). The first kappa shape index (κ1) is 37.6. The number of piperidine rings is 2. The lowest BCUT2D eigenvalue weighted by molar-refractivity contribution is 0.0878. The number of rotatable bonds is 7. The van der Waals surface area contributed by atoms with Crippen molar-refractivity contribution < 1.29 is 27.4 Å². The molecule has 0 radical (unpaired) electrons. The predicted molar refractivity (Wildman–Crippen MR) is 215 cm³/mol. The van der Waals surface area contributed by atoms with Gasteiger partial charge in [0.05, 0.1) is 11.1 Å². The van der Waals surface area contributed by atoms with Gasteiger partial charge in [0, 0.05) is 55.3 Å². The number of likely N-dealkylation sites (tertiary alicyclic amines) is 2. The predicted octanol–water partition coefficient (Wildman–Crippen LogP) is 6.64. The summed E-state index contributed by atoms with van der Waals surface area (Å²) in [6.45, 7) is 6.73. The lowest BCUT2D eigenvalue weighted by Gasteiger charge is -2.39. The minimum atomic E-state index is -0.985. The molecule has 6 saturated heterocycles. The molecule has 0 saturated carbocycles. The Balaban J connectivity index is 1.04. The third-order valence-electron chi connectivity index (χ3n) is 13.8. The first-order chi connectivity index (χ1) is 28.3. The average molecular weight is 795 g/mol. The number of carbonyl (C=O) groups is 1. The van der Waals surface area contributed by atoms with Crippen LogP contribution in [0.5, 0.6) is 11.8 Å². The normalized spacial score (nSPS) is 23.8. The Morgan fingerprint density at radius 1 is 0.879 bits per heavy atom. The van der Waals surface area contributed by atoms with E-state index in [1.165, 1.54) is 37.5 Å². The van der Waals surface area contributed by atoms with Crippen molar-refractivity contribution >= 4 is 33.6 Å².